The molecule has 31 heavy (non-hydrogen) atoms. The first kappa shape index (κ1) is 23.1. The van der Waals surface area contributed by atoms with Crippen LogP contribution in [0.5, 0.6) is 0 Å². The SMILES string of the molecule is Cc1c(C(F)(F)F)nn(CC2CCC(F)(F)C2)c1C(=O)Nc1cccc(S(N)(=O)=O)c1. The second-order valence-corrected chi connectivity index (χ2v) is 9.06. The summed E-state index contributed by atoms with van der Waals surface area (Å²) >= 11 is 0. The van der Waals surface area contributed by atoms with Gasteiger partial charge in [-0.05, 0) is 37.5 Å². The van der Waals surface area contributed by atoms with E-state index in [9.17, 15) is 35.2 Å². The summed E-state index contributed by atoms with van der Waals surface area (Å²) in [6, 6.07) is 4.85. The van der Waals surface area contributed by atoms with Crippen molar-refractivity contribution in [2.75, 3.05) is 5.32 Å². The first-order valence-corrected chi connectivity index (χ1v) is 10.7. The Hall–Kier alpha value is -2.54. The summed E-state index contributed by atoms with van der Waals surface area (Å²) in [5, 5.41) is 10.8. The lowest BCUT2D eigenvalue weighted by atomic mass is 10.1. The number of carbonyl (C=O) groups excluding carboxylic acids is 1. The molecular formula is C18H19F5N4O3S. The normalized spacial score (nSPS) is 18.9. The number of hydrogen-bond donors (Lipinski definition) is 2. The Bertz CT molecular complexity index is 1110. The van der Waals surface area contributed by atoms with Gasteiger partial charge in [0.1, 0.15) is 5.69 Å². The molecule has 1 aromatic heterocycles. The number of sulfonamides is 1. The first-order valence-electron chi connectivity index (χ1n) is 9.14. The van der Waals surface area contributed by atoms with Crippen LogP contribution in [0.4, 0.5) is 27.6 Å². The highest BCUT2D eigenvalue weighted by Crippen LogP contribution is 2.40. The van der Waals surface area contributed by atoms with Crippen molar-refractivity contribution >= 4 is 21.6 Å². The van der Waals surface area contributed by atoms with E-state index in [1.165, 1.54) is 18.2 Å². The van der Waals surface area contributed by atoms with Crippen molar-refractivity contribution in [2.24, 2.45) is 11.1 Å². The lowest BCUT2D eigenvalue weighted by molar-refractivity contribution is -0.142. The maximum absolute atomic E-state index is 13.5. The second kappa shape index (κ2) is 7.86. The molecular weight excluding hydrogens is 447 g/mol. The van der Waals surface area contributed by atoms with Crippen molar-refractivity contribution in [3.05, 3.63) is 41.2 Å². The number of hydrogen-bond acceptors (Lipinski definition) is 4. The van der Waals surface area contributed by atoms with Gasteiger partial charge in [0.15, 0.2) is 5.69 Å². The quantitative estimate of drug-likeness (QED) is 0.658. The molecule has 1 amide bonds. The Morgan fingerprint density at radius 1 is 1.35 bits per heavy atom. The predicted octanol–water partition coefficient (Wildman–Crippen LogP) is 3.55. The predicted molar refractivity (Wildman–Crippen MR) is 100 cm³/mol. The molecule has 7 nitrogen and oxygen atoms in total. The average Bonchev–Trinajstić information content (AvgIpc) is 3.13. The molecule has 1 saturated carbocycles. The van der Waals surface area contributed by atoms with E-state index in [2.05, 4.69) is 10.4 Å². The summed E-state index contributed by atoms with van der Waals surface area (Å²) in [7, 11) is -4.07. The van der Waals surface area contributed by atoms with Crippen LogP contribution in [0.1, 0.15) is 41.0 Å². The number of rotatable bonds is 5. The van der Waals surface area contributed by atoms with Gasteiger partial charge in [-0.1, -0.05) is 6.07 Å². The highest BCUT2D eigenvalue weighted by molar-refractivity contribution is 7.89. The van der Waals surface area contributed by atoms with E-state index in [0.29, 0.717) is 0 Å². The van der Waals surface area contributed by atoms with Gasteiger partial charge >= 0.3 is 6.18 Å². The maximum Gasteiger partial charge on any atom is 0.435 e. The van der Waals surface area contributed by atoms with Crippen molar-refractivity contribution in [1.82, 2.24) is 9.78 Å². The molecule has 1 atom stereocenters. The first-order chi connectivity index (χ1) is 14.2. The highest BCUT2D eigenvalue weighted by atomic mass is 32.2. The number of carbonyl (C=O) groups is 1. The van der Waals surface area contributed by atoms with Gasteiger partial charge in [0.2, 0.25) is 15.9 Å². The monoisotopic (exact) mass is 466 g/mol. The molecule has 3 rings (SSSR count). The fourth-order valence-electron chi connectivity index (χ4n) is 3.62. The third-order valence-corrected chi connectivity index (χ3v) is 5.94. The minimum absolute atomic E-state index is 0.0235. The molecule has 0 bridgehead atoms. The summed E-state index contributed by atoms with van der Waals surface area (Å²) in [6.45, 7) is 0.776. The summed E-state index contributed by atoms with van der Waals surface area (Å²) < 4.78 is 90.8. The van der Waals surface area contributed by atoms with E-state index in [0.717, 1.165) is 17.7 Å². The lowest BCUT2D eigenvalue weighted by Gasteiger charge is -2.14. The van der Waals surface area contributed by atoms with Crippen LogP contribution >= 0.6 is 0 Å². The van der Waals surface area contributed by atoms with Crippen molar-refractivity contribution < 1.29 is 35.2 Å². The number of aromatic nitrogens is 2. The molecule has 1 aliphatic rings. The van der Waals surface area contributed by atoms with E-state index in [1.54, 1.807) is 0 Å². The van der Waals surface area contributed by atoms with E-state index < -0.39 is 57.3 Å². The zero-order chi connectivity index (χ0) is 23.2. The molecule has 1 heterocycles. The zero-order valence-electron chi connectivity index (χ0n) is 16.2. The number of primary sulfonamides is 1. The molecule has 2 aromatic rings. The molecule has 1 aromatic carbocycles. The number of nitrogens with zero attached hydrogens (tertiary/aromatic N) is 2. The van der Waals surface area contributed by atoms with Gasteiger partial charge in [-0.15, -0.1) is 0 Å². The molecule has 0 aliphatic heterocycles. The van der Waals surface area contributed by atoms with Crippen molar-refractivity contribution in [3.63, 3.8) is 0 Å². The fraction of sp³-hybridized carbons (Fsp3) is 0.444. The Kier molecular flexibility index (Phi) is 5.86. The summed E-state index contributed by atoms with van der Waals surface area (Å²) in [4.78, 5) is 12.5. The van der Waals surface area contributed by atoms with E-state index in [-0.39, 0.29) is 30.0 Å². The number of anilines is 1. The largest absolute Gasteiger partial charge is 0.435 e. The van der Waals surface area contributed by atoms with Crippen molar-refractivity contribution in [3.8, 4) is 0 Å². The van der Waals surface area contributed by atoms with E-state index in [4.69, 9.17) is 5.14 Å². The molecule has 13 heteroatoms. The van der Waals surface area contributed by atoms with Gasteiger partial charge in [-0.25, -0.2) is 22.3 Å². The summed E-state index contributed by atoms with van der Waals surface area (Å²) in [6.07, 6.45) is -5.65. The Morgan fingerprint density at radius 2 is 2.03 bits per heavy atom. The zero-order valence-corrected chi connectivity index (χ0v) is 17.0. The van der Waals surface area contributed by atoms with Gasteiger partial charge in [-0.3, -0.25) is 9.48 Å². The average molecular weight is 466 g/mol. The molecule has 1 fully saturated rings. The topological polar surface area (TPSA) is 107 Å². The minimum Gasteiger partial charge on any atom is -0.321 e. The maximum atomic E-state index is 13.5. The van der Waals surface area contributed by atoms with Gasteiger partial charge in [0.05, 0.1) is 4.90 Å². The van der Waals surface area contributed by atoms with Crippen molar-refractivity contribution in [1.29, 1.82) is 0 Å². The van der Waals surface area contributed by atoms with Gasteiger partial charge < -0.3 is 5.32 Å². The van der Waals surface area contributed by atoms with Crippen LogP contribution in [0.2, 0.25) is 0 Å². The Balaban J connectivity index is 1.95. The molecule has 0 radical (unpaired) electrons. The van der Waals surface area contributed by atoms with E-state index >= 15 is 0 Å². The number of amides is 1. The van der Waals surface area contributed by atoms with Crippen LogP contribution in [0.25, 0.3) is 0 Å². The van der Waals surface area contributed by atoms with Crippen LogP contribution in [0, 0.1) is 12.8 Å². The summed E-state index contributed by atoms with van der Waals surface area (Å²) in [5.41, 5.74) is -2.22. The Labute approximate surface area is 174 Å². The standard InChI is InChI=1S/C18H19F5N4O3S/c1-10-14(16(28)25-12-3-2-4-13(7-12)31(24,29)30)27(26-15(10)18(21,22)23)9-11-5-6-17(19,20)8-11/h2-4,7,11H,5-6,8-9H2,1H3,(H,25,28)(H2,24,29,30). The molecule has 0 saturated heterocycles. The fourth-order valence-corrected chi connectivity index (χ4v) is 4.18. The number of alkyl halides is 5. The Morgan fingerprint density at radius 3 is 2.58 bits per heavy atom. The van der Waals surface area contributed by atoms with Gasteiger partial charge in [-0.2, -0.15) is 18.3 Å². The van der Waals surface area contributed by atoms with Crippen LogP contribution in [0.3, 0.4) is 0 Å². The third kappa shape index (κ3) is 5.21. The lowest BCUT2D eigenvalue weighted by Crippen LogP contribution is -2.22. The second-order valence-electron chi connectivity index (χ2n) is 7.49. The van der Waals surface area contributed by atoms with E-state index in [1.807, 2.05) is 0 Å². The molecule has 0 spiro atoms. The van der Waals surface area contributed by atoms with Gasteiger partial charge in [0.25, 0.3) is 5.91 Å². The van der Waals surface area contributed by atoms with Crippen LogP contribution < -0.4 is 10.5 Å². The number of benzene rings is 1. The summed E-state index contributed by atoms with van der Waals surface area (Å²) in [5.74, 6) is -4.54. The number of nitrogens with two attached hydrogens (primary N) is 1. The molecule has 170 valence electrons. The minimum atomic E-state index is -4.85. The smallest absolute Gasteiger partial charge is 0.321 e. The van der Waals surface area contributed by atoms with Crippen LogP contribution in [-0.2, 0) is 22.7 Å². The highest BCUT2D eigenvalue weighted by Gasteiger charge is 2.42. The molecule has 1 unspecified atom stereocenters. The van der Waals surface area contributed by atoms with Gasteiger partial charge in [0, 0.05) is 30.6 Å². The van der Waals surface area contributed by atoms with Crippen LogP contribution in [-0.4, -0.2) is 30.0 Å². The van der Waals surface area contributed by atoms with Crippen molar-refractivity contribution in [2.45, 2.75) is 49.7 Å². The van der Waals surface area contributed by atoms with Crippen LogP contribution in [0.15, 0.2) is 29.2 Å². The third-order valence-electron chi connectivity index (χ3n) is 5.03. The number of nitrogens with one attached hydrogen (secondary N) is 1. The molecule has 3 N–H and O–H groups in total. The number of halogens is 5. The molecule has 1 aliphatic carbocycles.